The number of terminal acetylenes is 1. The van der Waals surface area contributed by atoms with Crippen LogP contribution in [0.15, 0.2) is 48.5 Å². The minimum Gasteiger partial charge on any atom is -0.449 e. The maximum absolute atomic E-state index is 11.8. The van der Waals surface area contributed by atoms with Crippen LogP contribution in [0.1, 0.15) is 10.4 Å². The van der Waals surface area contributed by atoms with Crippen LogP contribution in [0.3, 0.4) is 0 Å². The molecule has 0 bridgehead atoms. The van der Waals surface area contributed by atoms with Crippen LogP contribution in [-0.4, -0.2) is 17.6 Å². The third-order valence-electron chi connectivity index (χ3n) is 2.93. The molecule has 1 heterocycles. The summed E-state index contributed by atoms with van der Waals surface area (Å²) in [5.41, 5.74) is 2.33. The van der Waals surface area contributed by atoms with Gasteiger partial charge in [-0.2, -0.15) is 0 Å². The number of para-hydroxylation sites is 1. The third kappa shape index (κ3) is 2.78. The van der Waals surface area contributed by atoms with E-state index in [-0.39, 0.29) is 6.61 Å². The summed E-state index contributed by atoms with van der Waals surface area (Å²) in [7, 11) is 0. The van der Waals surface area contributed by atoms with Crippen LogP contribution in [-0.2, 0) is 4.74 Å². The summed E-state index contributed by atoms with van der Waals surface area (Å²) >= 11 is 1.59. The van der Waals surface area contributed by atoms with Crippen molar-refractivity contribution in [3.8, 4) is 22.9 Å². The van der Waals surface area contributed by atoms with Gasteiger partial charge in [-0.25, -0.2) is 9.78 Å². The van der Waals surface area contributed by atoms with Crippen LogP contribution in [0.2, 0.25) is 0 Å². The van der Waals surface area contributed by atoms with E-state index in [0.717, 1.165) is 20.8 Å². The molecule has 0 spiro atoms. The first-order valence-electron chi connectivity index (χ1n) is 6.34. The van der Waals surface area contributed by atoms with E-state index in [1.54, 1.807) is 23.5 Å². The van der Waals surface area contributed by atoms with Crippen LogP contribution < -0.4 is 0 Å². The normalized spacial score (nSPS) is 10.2. The Kier molecular flexibility index (Phi) is 3.67. The molecule has 0 amide bonds. The molecule has 21 heavy (non-hydrogen) atoms. The van der Waals surface area contributed by atoms with Gasteiger partial charge in [-0.1, -0.05) is 30.2 Å². The van der Waals surface area contributed by atoms with Crippen molar-refractivity contribution in [2.45, 2.75) is 0 Å². The van der Waals surface area contributed by atoms with Gasteiger partial charge in [0.2, 0.25) is 0 Å². The molecule has 0 aliphatic heterocycles. The lowest BCUT2D eigenvalue weighted by atomic mass is 10.1. The highest BCUT2D eigenvalue weighted by Gasteiger charge is 2.10. The molecule has 0 fully saturated rings. The zero-order valence-corrected chi connectivity index (χ0v) is 11.9. The number of benzene rings is 2. The fourth-order valence-electron chi connectivity index (χ4n) is 1.97. The third-order valence-corrected chi connectivity index (χ3v) is 4.01. The van der Waals surface area contributed by atoms with Gasteiger partial charge in [0.15, 0.2) is 6.61 Å². The molecule has 0 saturated heterocycles. The number of carbonyl (C=O) groups is 1. The fraction of sp³-hybridized carbons (Fsp3) is 0.0588. The van der Waals surface area contributed by atoms with Crippen molar-refractivity contribution in [3.63, 3.8) is 0 Å². The van der Waals surface area contributed by atoms with Gasteiger partial charge in [0.05, 0.1) is 15.8 Å². The summed E-state index contributed by atoms with van der Waals surface area (Å²) in [5, 5.41) is 0.878. The first kappa shape index (κ1) is 13.3. The number of hydrogen-bond donors (Lipinski definition) is 0. The van der Waals surface area contributed by atoms with E-state index < -0.39 is 5.97 Å². The van der Waals surface area contributed by atoms with Crippen molar-refractivity contribution in [1.29, 1.82) is 0 Å². The number of carbonyl (C=O) groups excluding carboxylic acids is 1. The molecule has 0 saturated carbocycles. The lowest BCUT2D eigenvalue weighted by Gasteiger charge is -2.02. The molecule has 3 nitrogen and oxygen atoms in total. The number of thiazole rings is 1. The van der Waals surface area contributed by atoms with Crippen molar-refractivity contribution >= 4 is 27.5 Å². The second kappa shape index (κ2) is 5.78. The smallest absolute Gasteiger partial charge is 0.339 e. The number of fused-ring (bicyclic) bond motifs is 1. The Morgan fingerprint density at radius 3 is 2.90 bits per heavy atom. The van der Waals surface area contributed by atoms with Gasteiger partial charge in [-0.15, -0.1) is 17.8 Å². The van der Waals surface area contributed by atoms with Gasteiger partial charge >= 0.3 is 5.97 Å². The first-order valence-corrected chi connectivity index (χ1v) is 7.16. The van der Waals surface area contributed by atoms with Crippen LogP contribution in [0.25, 0.3) is 20.8 Å². The Morgan fingerprint density at radius 2 is 2.10 bits per heavy atom. The molecule has 1 aromatic heterocycles. The summed E-state index contributed by atoms with van der Waals surface area (Å²) in [5.74, 6) is 1.86. The quantitative estimate of drug-likeness (QED) is 0.545. The number of ether oxygens (including phenoxy) is 1. The number of rotatable bonds is 3. The van der Waals surface area contributed by atoms with Gasteiger partial charge in [-0.3, -0.25) is 0 Å². The molecule has 2 aromatic carbocycles. The predicted octanol–water partition coefficient (Wildman–Crippen LogP) is 3.75. The highest BCUT2D eigenvalue weighted by molar-refractivity contribution is 7.21. The average Bonchev–Trinajstić information content (AvgIpc) is 2.97. The first-order chi connectivity index (χ1) is 10.3. The fourth-order valence-corrected chi connectivity index (χ4v) is 2.93. The molecular formula is C17H11NO2S. The van der Waals surface area contributed by atoms with Crippen LogP contribution in [0, 0.1) is 12.3 Å². The molecule has 102 valence electrons. The molecule has 0 radical (unpaired) electrons. The van der Waals surface area contributed by atoms with Gasteiger partial charge in [-0.05, 0) is 24.3 Å². The van der Waals surface area contributed by atoms with E-state index in [1.807, 2.05) is 36.4 Å². The standard InChI is InChI=1S/C17H11NO2S/c1-2-10-20-17(19)13-7-5-6-12(11-13)16-18-14-8-3-4-9-15(14)21-16/h1,3-9,11H,10H2. The maximum Gasteiger partial charge on any atom is 0.339 e. The molecule has 0 unspecified atom stereocenters. The lowest BCUT2D eigenvalue weighted by molar-refractivity contribution is 0.0557. The van der Waals surface area contributed by atoms with Gasteiger partial charge in [0, 0.05) is 5.56 Å². The Balaban J connectivity index is 1.95. The Morgan fingerprint density at radius 1 is 1.24 bits per heavy atom. The number of aromatic nitrogens is 1. The van der Waals surface area contributed by atoms with Crippen molar-refractivity contribution in [1.82, 2.24) is 4.98 Å². The molecule has 3 aromatic rings. The van der Waals surface area contributed by atoms with Crippen molar-refractivity contribution in [2.24, 2.45) is 0 Å². The van der Waals surface area contributed by atoms with Crippen molar-refractivity contribution in [3.05, 3.63) is 54.1 Å². The predicted molar refractivity (Wildman–Crippen MR) is 84.2 cm³/mol. The van der Waals surface area contributed by atoms with E-state index in [2.05, 4.69) is 10.9 Å². The Hall–Kier alpha value is -2.64. The minimum absolute atomic E-state index is 0.0236. The number of esters is 1. The Labute approximate surface area is 126 Å². The molecule has 4 heteroatoms. The van der Waals surface area contributed by atoms with Gasteiger partial charge in [0.25, 0.3) is 0 Å². The number of hydrogen-bond acceptors (Lipinski definition) is 4. The highest BCUT2D eigenvalue weighted by Crippen LogP contribution is 2.30. The summed E-state index contributed by atoms with van der Waals surface area (Å²) in [6.45, 7) is -0.0236. The van der Waals surface area contributed by atoms with E-state index in [0.29, 0.717) is 5.56 Å². The zero-order chi connectivity index (χ0) is 14.7. The average molecular weight is 293 g/mol. The van der Waals surface area contributed by atoms with Gasteiger partial charge in [0.1, 0.15) is 5.01 Å². The van der Waals surface area contributed by atoms with E-state index >= 15 is 0 Å². The van der Waals surface area contributed by atoms with Gasteiger partial charge < -0.3 is 4.74 Å². The van der Waals surface area contributed by atoms with E-state index in [4.69, 9.17) is 11.2 Å². The topological polar surface area (TPSA) is 39.2 Å². The SMILES string of the molecule is C#CCOC(=O)c1cccc(-c2nc3ccccc3s2)c1. The highest BCUT2D eigenvalue weighted by atomic mass is 32.1. The van der Waals surface area contributed by atoms with Crippen LogP contribution >= 0.6 is 11.3 Å². The summed E-state index contributed by atoms with van der Waals surface area (Å²) < 4.78 is 6.05. The second-order valence-electron chi connectivity index (χ2n) is 4.35. The zero-order valence-electron chi connectivity index (χ0n) is 11.1. The molecule has 3 rings (SSSR count). The molecule has 0 atom stereocenters. The minimum atomic E-state index is -0.420. The monoisotopic (exact) mass is 293 g/mol. The molecule has 0 aliphatic carbocycles. The van der Waals surface area contributed by atoms with Crippen LogP contribution in [0.5, 0.6) is 0 Å². The van der Waals surface area contributed by atoms with Crippen molar-refractivity contribution in [2.75, 3.05) is 6.61 Å². The largest absolute Gasteiger partial charge is 0.449 e. The summed E-state index contributed by atoms with van der Waals surface area (Å²) in [6.07, 6.45) is 5.08. The Bertz CT molecular complexity index is 812. The summed E-state index contributed by atoms with van der Waals surface area (Å²) in [6, 6.07) is 15.2. The second-order valence-corrected chi connectivity index (χ2v) is 5.38. The molecular weight excluding hydrogens is 282 g/mol. The lowest BCUT2D eigenvalue weighted by Crippen LogP contribution is -2.05. The summed E-state index contributed by atoms with van der Waals surface area (Å²) in [4.78, 5) is 16.4. The molecule has 0 aliphatic rings. The maximum atomic E-state index is 11.8. The molecule has 0 N–H and O–H groups in total. The number of nitrogens with zero attached hydrogens (tertiary/aromatic N) is 1. The van der Waals surface area contributed by atoms with Crippen molar-refractivity contribution < 1.29 is 9.53 Å². The van der Waals surface area contributed by atoms with E-state index in [1.165, 1.54) is 0 Å². The van der Waals surface area contributed by atoms with E-state index in [9.17, 15) is 4.79 Å². The van der Waals surface area contributed by atoms with Crippen LogP contribution in [0.4, 0.5) is 0 Å².